The highest BCUT2D eigenvalue weighted by molar-refractivity contribution is 5.88. The van der Waals surface area contributed by atoms with Gasteiger partial charge in [0.15, 0.2) is 6.04 Å². The van der Waals surface area contributed by atoms with Crippen molar-refractivity contribution in [2.24, 2.45) is 5.73 Å². The van der Waals surface area contributed by atoms with E-state index >= 15 is 0 Å². The maximum atomic E-state index is 12.7. The van der Waals surface area contributed by atoms with Gasteiger partial charge in [-0.05, 0) is 37.5 Å². The van der Waals surface area contributed by atoms with Crippen molar-refractivity contribution in [3.63, 3.8) is 0 Å². The van der Waals surface area contributed by atoms with E-state index in [0.29, 0.717) is 12.0 Å². The third-order valence-corrected chi connectivity index (χ3v) is 5.24. The molecule has 1 aromatic carbocycles. The molecule has 0 saturated carbocycles. The molecule has 0 aliphatic carbocycles. The fraction of sp³-hybridized carbons (Fsp3) is 0.619. The Morgan fingerprint density at radius 1 is 1.16 bits per heavy atom. The van der Waals surface area contributed by atoms with Gasteiger partial charge in [-0.3, -0.25) is 4.79 Å². The third-order valence-electron chi connectivity index (χ3n) is 5.24. The summed E-state index contributed by atoms with van der Waals surface area (Å²) in [7, 11) is 0. The second kappa shape index (κ2) is 11.4. The highest BCUT2D eigenvalue weighted by atomic mass is 16.6. The maximum absolute atomic E-state index is 12.7. The molecule has 2 rings (SSSR count). The zero-order valence-corrected chi connectivity index (χ0v) is 17.7. The lowest BCUT2D eigenvalue weighted by Crippen LogP contribution is -2.65. The van der Waals surface area contributed by atoms with Crippen molar-refractivity contribution in [1.82, 2.24) is 5.32 Å². The fourth-order valence-corrected chi connectivity index (χ4v) is 3.28. The number of nitrogens with two attached hydrogens (primary N) is 1. The minimum absolute atomic E-state index is 0.0787. The number of aliphatic hydroxyl groups excluding tert-OH is 3. The van der Waals surface area contributed by atoms with Crippen LogP contribution in [0, 0.1) is 0 Å². The van der Waals surface area contributed by atoms with E-state index in [9.17, 15) is 30.0 Å². The van der Waals surface area contributed by atoms with Crippen LogP contribution >= 0.6 is 0 Å². The number of phenolic OH excluding ortho intramolecular Hbond substituents is 1. The highest BCUT2D eigenvalue weighted by Crippen LogP contribution is 2.24. The van der Waals surface area contributed by atoms with Gasteiger partial charge in [0, 0.05) is 0 Å². The molecule has 1 fully saturated rings. The summed E-state index contributed by atoms with van der Waals surface area (Å²) in [5.41, 5.74) is 6.68. The van der Waals surface area contributed by atoms with E-state index < -0.39 is 54.5 Å². The fourth-order valence-electron chi connectivity index (χ4n) is 3.28. The first-order chi connectivity index (χ1) is 14.6. The minimum atomic E-state index is -1.64. The van der Waals surface area contributed by atoms with E-state index in [2.05, 4.69) is 5.32 Å². The molecule has 10 heteroatoms. The minimum Gasteiger partial charge on any atom is -0.508 e. The summed E-state index contributed by atoms with van der Waals surface area (Å²) >= 11 is 0. The van der Waals surface area contributed by atoms with Gasteiger partial charge in [0.05, 0.1) is 18.8 Å². The standard InChI is InChI=1S/C21H32N2O8/c1-3-4-9-30-21(29)15(19-18(27)17(26)16(25)11(2)31-19)23-20(28)14(22)10-12-5-7-13(24)8-6-12/h5-8,11,14-19,24-27H,3-4,9-10,22H2,1-2H3,(H,23,28)/t11-,14+,15+,16+,17+,18-,19+/m1/s1. The second-order valence-corrected chi connectivity index (χ2v) is 7.76. The van der Waals surface area contributed by atoms with E-state index in [1.165, 1.54) is 19.1 Å². The molecule has 10 nitrogen and oxygen atoms in total. The average molecular weight is 440 g/mol. The second-order valence-electron chi connectivity index (χ2n) is 7.76. The largest absolute Gasteiger partial charge is 0.508 e. The van der Waals surface area contributed by atoms with Crippen LogP contribution in [0.3, 0.4) is 0 Å². The van der Waals surface area contributed by atoms with Crippen molar-refractivity contribution in [2.45, 2.75) is 75.7 Å². The van der Waals surface area contributed by atoms with Crippen LogP contribution in [0.15, 0.2) is 24.3 Å². The molecule has 7 atom stereocenters. The van der Waals surface area contributed by atoms with Gasteiger partial charge >= 0.3 is 5.97 Å². The Labute approximate surface area is 181 Å². The Hall–Kier alpha value is -2.24. The van der Waals surface area contributed by atoms with Crippen LogP contribution in [0.1, 0.15) is 32.3 Å². The molecule has 1 aromatic rings. The topological polar surface area (TPSA) is 172 Å². The molecule has 1 heterocycles. The summed E-state index contributed by atoms with van der Waals surface area (Å²) in [5.74, 6) is -1.44. The number of benzene rings is 1. The van der Waals surface area contributed by atoms with Gasteiger partial charge < -0.3 is 41.0 Å². The van der Waals surface area contributed by atoms with Crippen LogP contribution in [-0.4, -0.2) is 81.5 Å². The number of amides is 1. The van der Waals surface area contributed by atoms with Crippen molar-refractivity contribution in [1.29, 1.82) is 0 Å². The molecule has 1 amide bonds. The van der Waals surface area contributed by atoms with Gasteiger partial charge in [0.2, 0.25) is 5.91 Å². The first-order valence-corrected chi connectivity index (χ1v) is 10.4. The van der Waals surface area contributed by atoms with Crippen molar-refractivity contribution >= 4 is 11.9 Å². The zero-order valence-electron chi connectivity index (χ0n) is 17.7. The quantitative estimate of drug-likeness (QED) is 0.207. The molecule has 1 aliphatic heterocycles. The number of ether oxygens (including phenoxy) is 2. The van der Waals surface area contributed by atoms with E-state index in [1.807, 2.05) is 6.92 Å². The van der Waals surface area contributed by atoms with Crippen molar-refractivity contribution < 1.29 is 39.5 Å². The molecule has 1 aliphatic rings. The Morgan fingerprint density at radius 2 is 1.81 bits per heavy atom. The summed E-state index contributed by atoms with van der Waals surface area (Å²) in [5, 5.41) is 42.2. The number of hydrogen-bond donors (Lipinski definition) is 6. The third kappa shape index (κ3) is 6.62. The first-order valence-electron chi connectivity index (χ1n) is 10.4. The van der Waals surface area contributed by atoms with Crippen LogP contribution in [-0.2, 0) is 25.5 Å². The molecular formula is C21H32N2O8. The van der Waals surface area contributed by atoms with Crippen LogP contribution in [0.25, 0.3) is 0 Å². The number of unbranched alkanes of at least 4 members (excludes halogenated alkanes) is 1. The van der Waals surface area contributed by atoms with Gasteiger partial charge in [0.25, 0.3) is 0 Å². The lowest BCUT2D eigenvalue weighted by molar-refractivity contribution is -0.226. The number of aliphatic hydroxyl groups is 3. The zero-order chi connectivity index (χ0) is 23.1. The summed E-state index contributed by atoms with van der Waals surface area (Å²) in [6.45, 7) is 3.51. The summed E-state index contributed by atoms with van der Waals surface area (Å²) in [4.78, 5) is 25.4. The van der Waals surface area contributed by atoms with E-state index in [-0.39, 0.29) is 18.8 Å². The van der Waals surface area contributed by atoms with Crippen LogP contribution in [0.5, 0.6) is 5.75 Å². The number of hydrogen-bond acceptors (Lipinski definition) is 9. The van der Waals surface area contributed by atoms with E-state index in [4.69, 9.17) is 15.2 Å². The number of phenols is 1. The number of rotatable bonds is 9. The van der Waals surface area contributed by atoms with Crippen LogP contribution in [0.4, 0.5) is 0 Å². The predicted octanol–water partition coefficient (Wildman–Crippen LogP) is -1.04. The van der Waals surface area contributed by atoms with Crippen molar-refractivity contribution in [3.8, 4) is 5.75 Å². The SMILES string of the molecule is CCCCOC(=O)[C@@H](NC(=O)[C@@H](N)Cc1ccc(O)cc1)[C@@H]1O[C@H](C)[C@H](O)[C@H](O)[C@H]1O. The lowest BCUT2D eigenvalue weighted by Gasteiger charge is -2.42. The number of carbonyl (C=O) groups excluding carboxylic acids is 2. The number of esters is 1. The highest BCUT2D eigenvalue weighted by Gasteiger charge is 2.48. The Bertz CT molecular complexity index is 729. The van der Waals surface area contributed by atoms with E-state index in [0.717, 1.165) is 6.42 Å². The number of aromatic hydroxyl groups is 1. The van der Waals surface area contributed by atoms with Gasteiger partial charge in [-0.25, -0.2) is 4.79 Å². The Morgan fingerprint density at radius 3 is 2.42 bits per heavy atom. The van der Waals surface area contributed by atoms with Crippen LogP contribution < -0.4 is 11.1 Å². The maximum Gasteiger partial charge on any atom is 0.331 e. The normalized spacial score (nSPS) is 27.9. The molecule has 7 N–H and O–H groups in total. The van der Waals surface area contributed by atoms with Gasteiger partial charge in [-0.15, -0.1) is 0 Å². The molecule has 174 valence electrons. The van der Waals surface area contributed by atoms with Gasteiger partial charge in [0.1, 0.15) is 30.2 Å². The molecule has 1 saturated heterocycles. The molecule has 0 spiro atoms. The van der Waals surface area contributed by atoms with Crippen LogP contribution in [0.2, 0.25) is 0 Å². The van der Waals surface area contributed by atoms with E-state index in [1.54, 1.807) is 12.1 Å². The molecule has 0 radical (unpaired) electrons. The smallest absolute Gasteiger partial charge is 0.331 e. The number of carbonyl (C=O) groups is 2. The first kappa shape index (κ1) is 25.0. The summed E-state index contributed by atoms with van der Waals surface area (Å²) < 4.78 is 10.7. The predicted molar refractivity (Wildman–Crippen MR) is 110 cm³/mol. The lowest BCUT2D eigenvalue weighted by atomic mass is 9.91. The molecule has 0 unspecified atom stereocenters. The van der Waals surface area contributed by atoms with Crippen molar-refractivity contribution in [2.75, 3.05) is 6.61 Å². The molecule has 0 bridgehead atoms. The van der Waals surface area contributed by atoms with Gasteiger partial charge in [-0.1, -0.05) is 25.5 Å². The molecule has 31 heavy (non-hydrogen) atoms. The number of nitrogens with one attached hydrogen (secondary N) is 1. The van der Waals surface area contributed by atoms with Crippen molar-refractivity contribution in [3.05, 3.63) is 29.8 Å². The van der Waals surface area contributed by atoms with Gasteiger partial charge in [-0.2, -0.15) is 0 Å². The molecular weight excluding hydrogens is 408 g/mol. The Balaban J connectivity index is 2.14. The summed E-state index contributed by atoms with van der Waals surface area (Å²) in [6.07, 6.45) is -5.26. The molecule has 0 aromatic heterocycles. The summed E-state index contributed by atoms with van der Waals surface area (Å²) in [6, 6.07) is 3.69. The Kier molecular flexibility index (Phi) is 9.20. The average Bonchev–Trinajstić information content (AvgIpc) is 2.74. The monoisotopic (exact) mass is 440 g/mol.